The molecule has 0 bridgehead atoms. The van der Waals surface area contributed by atoms with E-state index in [2.05, 4.69) is 20.5 Å². The van der Waals surface area contributed by atoms with Gasteiger partial charge in [0.1, 0.15) is 12.2 Å². The second kappa shape index (κ2) is 7.34. The molecular weight excluding hydrogens is 250 g/mol. The van der Waals surface area contributed by atoms with Crippen LogP contribution in [0.3, 0.4) is 0 Å². The molecule has 1 heterocycles. The van der Waals surface area contributed by atoms with Gasteiger partial charge in [0, 0.05) is 26.6 Å². The molecule has 0 aromatic carbocycles. The van der Waals surface area contributed by atoms with E-state index in [4.69, 9.17) is 5.11 Å². The van der Waals surface area contributed by atoms with Gasteiger partial charge < -0.3 is 15.3 Å². The van der Waals surface area contributed by atoms with Crippen molar-refractivity contribution in [1.29, 1.82) is 0 Å². The molecular formula is C11H19N5O3. The van der Waals surface area contributed by atoms with Crippen LogP contribution in [0.5, 0.6) is 0 Å². The molecule has 8 nitrogen and oxygen atoms in total. The average molecular weight is 269 g/mol. The zero-order chi connectivity index (χ0) is 14.3. The summed E-state index contributed by atoms with van der Waals surface area (Å²) < 4.78 is 0. The fourth-order valence-corrected chi connectivity index (χ4v) is 1.51. The molecule has 0 aliphatic heterocycles. The fraction of sp³-hybridized carbons (Fsp3) is 0.636. The number of amides is 2. The number of hydrogen-bond acceptors (Lipinski definition) is 4. The minimum atomic E-state index is -0.912. The first kappa shape index (κ1) is 14.9. The summed E-state index contributed by atoms with van der Waals surface area (Å²) in [4.78, 5) is 27.7. The summed E-state index contributed by atoms with van der Waals surface area (Å²) in [7, 11) is 1.57. The molecule has 1 aromatic heterocycles. The number of carbonyl (C=O) groups is 2. The minimum absolute atomic E-state index is 0.184. The molecule has 0 saturated carbocycles. The summed E-state index contributed by atoms with van der Waals surface area (Å²) in [5.74, 6) is -0.711. The van der Waals surface area contributed by atoms with E-state index in [1.54, 1.807) is 14.0 Å². The van der Waals surface area contributed by atoms with Gasteiger partial charge in [0.15, 0.2) is 0 Å². The quantitative estimate of drug-likeness (QED) is 0.608. The van der Waals surface area contributed by atoms with Crippen molar-refractivity contribution in [3.05, 3.63) is 12.2 Å². The van der Waals surface area contributed by atoms with Crippen LogP contribution in [0, 0.1) is 5.92 Å². The molecule has 1 atom stereocenters. The van der Waals surface area contributed by atoms with E-state index in [9.17, 15) is 9.59 Å². The Bertz CT molecular complexity index is 406. The minimum Gasteiger partial charge on any atom is -0.481 e. The summed E-state index contributed by atoms with van der Waals surface area (Å²) in [6.45, 7) is 2.25. The van der Waals surface area contributed by atoms with Gasteiger partial charge in [-0.2, -0.15) is 5.10 Å². The van der Waals surface area contributed by atoms with Crippen LogP contribution in [0.4, 0.5) is 4.79 Å². The van der Waals surface area contributed by atoms with Gasteiger partial charge in [-0.1, -0.05) is 6.92 Å². The number of aromatic amines is 1. The highest BCUT2D eigenvalue weighted by Crippen LogP contribution is 1.98. The third-order valence-corrected chi connectivity index (χ3v) is 2.65. The number of carboxylic acid groups (broad SMARTS) is 1. The Hall–Kier alpha value is -2.12. The van der Waals surface area contributed by atoms with Crippen LogP contribution in [0.2, 0.25) is 0 Å². The second-order valence-corrected chi connectivity index (χ2v) is 4.39. The van der Waals surface area contributed by atoms with Crippen LogP contribution < -0.4 is 5.32 Å². The number of aryl methyl sites for hydroxylation is 1. The van der Waals surface area contributed by atoms with E-state index in [0.717, 1.165) is 12.2 Å². The molecule has 0 radical (unpaired) electrons. The van der Waals surface area contributed by atoms with Gasteiger partial charge in [0.05, 0.1) is 5.92 Å². The van der Waals surface area contributed by atoms with E-state index < -0.39 is 11.9 Å². The molecule has 106 valence electrons. The maximum Gasteiger partial charge on any atom is 0.317 e. The Labute approximate surface area is 111 Å². The summed E-state index contributed by atoms with van der Waals surface area (Å²) in [6.07, 6.45) is 2.88. The zero-order valence-electron chi connectivity index (χ0n) is 11.1. The number of nitrogens with one attached hydrogen (secondary N) is 2. The smallest absolute Gasteiger partial charge is 0.317 e. The zero-order valence-corrected chi connectivity index (χ0v) is 11.1. The fourth-order valence-electron chi connectivity index (χ4n) is 1.51. The van der Waals surface area contributed by atoms with Crippen LogP contribution in [0.15, 0.2) is 6.33 Å². The molecule has 3 N–H and O–H groups in total. The van der Waals surface area contributed by atoms with Gasteiger partial charge in [-0.3, -0.25) is 9.89 Å². The number of urea groups is 1. The standard InChI is InChI=1S/C11H19N5O3/c1-8(10(17)18)6-16(2)11(19)12-5-3-4-9-13-7-14-15-9/h7-8H,3-6H2,1-2H3,(H,12,19)(H,17,18)(H,13,14,15). The van der Waals surface area contributed by atoms with E-state index in [0.29, 0.717) is 13.0 Å². The topological polar surface area (TPSA) is 111 Å². The number of carbonyl (C=O) groups excluding carboxylic acids is 1. The van der Waals surface area contributed by atoms with Crippen molar-refractivity contribution in [3.63, 3.8) is 0 Å². The van der Waals surface area contributed by atoms with Gasteiger partial charge in [-0.05, 0) is 6.42 Å². The lowest BCUT2D eigenvalue weighted by molar-refractivity contribution is -0.141. The Kier molecular flexibility index (Phi) is 5.77. The average Bonchev–Trinajstić information content (AvgIpc) is 2.87. The van der Waals surface area contributed by atoms with Crippen LogP contribution in [0.25, 0.3) is 0 Å². The normalized spacial score (nSPS) is 11.9. The second-order valence-electron chi connectivity index (χ2n) is 4.39. The van der Waals surface area contributed by atoms with Gasteiger partial charge in [-0.15, -0.1) is 0 Å². The molecule has 1 aromatic rings. The molecule has 8 heteroatoms. The van der Waals surface area contributed by atoms with E-state index in [-0.39, 0.29) is 12.6 Å². The van der Waals surface area contributed by atoms with E-state index in [1.165, 1.54) is 11.2 Å². The highest BCUT2D eigenvalue weighted by molar-refractivity contribution is 5.75. The Morgan fingerprint density at radius 1 is 1.58 bits per heavy atom. The summed E-state index contributed by atoms with van der Waals surface area (Å²) in [6, 6.07) is -0.273. The largest absolute Gasteiger partial charge is 0.481 e. The number of carboxylic acids is 1. The first-order valence-corrected chi connectivity index (χ1v) is 6.06. The number of rotatable bonds is 7. The Morgan fingerprint density at radius 3 is 2.89 bits per heavy atom. The number of hydrogen-bond donors (Lipinski definition) is 3. The van der Waals surface area contributed by atoms with Crippen LogP contribution in [-0.2, 0) is 11.2 Å². The molecule has 0 aliphatic rings. The maximum absolute atomic E-state index is 11.6. The Morgan fingerprint density at radius 2 is 2.32 bits per heavy atom. The number of aromatic nitrogens is 3. The van der Waals surface area contributed by atoms with Gasteiger partial charge in [0.25, 0.3) is 0 Å². The van der Waals surface area contributed by atoms with Gasteiger partial charge in [0.2, 0.25) is 0 Å². The van der Waals surface area contributed by atoms with Crippen molar-refractivity contribution in [1.82, 2.24) is 25.4 Å². The molecule has 0 spiro atoms. The third kappa shape index (κ3) is 5.36. The van der Waals surface area contributed by atoms with Crippen molar-refractivity contribution in [2.75, 3.05) is 20.1 Å². The van der Waals surface area contributed by atoms with E-state index >= 15 is 0 Å². The molecule has 1 rings (SSSR count). The van der Waals surface area contributed by atoms with Crippen molar-refractivity contribution < 1.29 is 14.7 Å². The maximum atomic E-state index is 11.6. The highest BCUT2D eigenvalue weighted by Gasteiger charge is 2.16. The summed E-state index contributed by atoms with van der Waals surface area (Å²) in [5.41, 5.74) is 0. The van der Waals surface area contributed by atoms with Crippen LogP contribution in [0.1, 0.15) is 19.2 Å². The highest BCUT2D eigenvalue weighted by atomic mass is 16.4. The van der Waals surface area contributed by atoms with Crippen molar-refractivity contribution in [2.45, 2.75) is 19.8 Å². The van der Waals surface area contributed by atoms with Crippen molar-refractivity contribution >= 4 is 12.0 Å². The molecule has 19 heavy (non-hydrogen) atoms. The molecule has 2 amide bonds. The van der Waals surface area contributed by atoms with Crippen molar-refractivity contribution in [2.24, 2.45) is 5.92 Å². The van der Waals surface area contributed by atoms with Gasteiger partial charge >= 0.3 is 12.0 Å². The molecule has 0 saturated heterocycles. The number of nitrogens with zero attached hydrogens (tertiary/aromatic N) is 3. The molecule has 0 aliphatic carbocycles. The summed E-state index contributed by atoms with van der Waals surface area (Å²) >= 11 is 0. The predicted octanol–water partition coefficient (Wildman–Crippen LogP) is 0.0994. The lowest BCUT2D eigenvalue weighted by Crippen LogP contribution is -2.41. The monoisotopic (exact) mass is 269 g/mol. The van der Waals surface area contributed by atoms with Gasteiger partial charge in [-0.25, -0.2) is 9.78 Å². The number of H-pyrrole nitrogens is 1. The lowest BCUT2D eigenvalue weighted by atomic mass is 10.2. The summed E-state index contributed by atoms with van der Waals surface area (Å²) in [5, 5.41) is 17.9. The Balaban J connectivity index is 2.17. The number of aliphatic carboxylic acids is 1. The third-order valence-electron chi connectivity index (χ3n) is 2.65. The first-order valence-electron chi connectivity index (χ1n) is 6.06. The van der Waals surface area contributed by atoms with E-state index in [1.807, 2.05) is 0 Å². The molecule has 0 fully saturated rings. The van der Waals surface area contributed by atoms with Crippen LogP contribution >= 0.6 is 0 Å². The first-order chi connectivity index (χ1) is 9.00. The predicted molar refractivity (Wildman–Crippen MR) is 67.5 cm³/mol. The van der Waals surface area contributed by atoms with Crippen molar-refractivity contribution in [3.8, 4) is 0 Å². The lowest BCUT2D eigenvalue weighted by Gasteiger charge is -2.19. The SMILES string of the molecule is CC(CN(C)C(=O)NCCCc1ncn[nH]1)C(=O)O. The molecule has 1 unspecified atom stereocenters. The van der Waals surface area contributed by atoms with Crippen LogP contribution in [-0.4, -0.2) is 57.3 Å².